The van der Waals surface area contributed by atoms with Gasteiger partial charge in [-0.2, -0.15) is 0 Å². The van der Waals surface area contributed by atoms with Gasteiger partial charge < -0.3 is 9.47 Å². The van der Waals surface area contributed by atoms with E-state index in [0.717, 1.165) is 22.4 Å². The average Bonchev–Trinajstić information content (AvgIpc) is 3.15. The molecule has 1 aliphatic heterocycles. The zero-order chi connectivity index (χ0) is 21.8. The maximum Gasteiger partial charge on any atom is 0.323 e. The van der Waals surface area contributed by atoms with Gasteiger partial charge in [-0.3, -0.25) is 9.69 Å². The normalized spacial score (nSPS) is 14.3. The molecule has 3 aromatic rings. The van der Waals surface area contributed by atoms with Gasteiger partial charge in [0.15, 0.2) is 0 Å². The predicted octanol–water partition coefficient (Wildman–Crippen LogP) is 5.70. The Morgan fingerprint density at radius 1 is 0.935 bits per heavy atom. The molecule has 4 rings (SSSR count). The maximum atomic E-state index is 13.6. The number of hydrogen-bond acceptors (Lipinski definition) is 4. The Bertz CT molecular complexity index is 1050. The summed E-state index contributed by atoms with van der Waals surface area (Å²) in [5.74, 6) is 0.998. The molecule has 0 aromatic heterocycles. The Hall–Kier alpha value is -3.18. The van der Waals surface area contributed by atoms with Gasteiger partial charge in [-0.1, -0.05) is 50.2 Å². The highest BCUT2D eigenvalue weighted by molar-refractivity contribution is 5.76. The first-order valence-corrected chi connectivity index (χ1v) is 10.5. The van der Waals surface area contributed by atoms with Gasteiger partial charge in [0.1, 0.15) is 30.0 Å². The van der Waals surface area contributed by atoms with E-state index in [2.05, 4.69) is 4.90 Å². The summed E-state index contributed by atoms with van der Waals surface area (Å²) in [6.45, 7) is 5.34. The van der Waals surface area contributed by atoms with Crippen LogP contribution >= 0.6 is 0 Å². The number of carbonyl (C=O) groups is 1. The van der Waals surface area contributed by atoms with E-state index in [9.17, 15) is 9.18 Å². The molecule has 1 aliphatic rings. The van der Waals surface area contributed by atoms with Crippen LogP contribution < -0.4 is 4.74 Å². The summed E-state index contributed by atoms with van der Waals surface area (Å²) in [6, 6.07) is 21.5. The van der Waals surface area contributed by atoms with E-state index in [1.807, 2.05) is 68.4 Å². The SMILES string of the molecule is CC(C)C(C(=O)OCc1cccc(Oc2ccccc2)c1)N1Cc2ccc(F)cc2C1. The molecule has 0 saturated carbocycles. The van der Waals surface area contributed by atoms with E-state index in [-0.39, 0.29) is 30.4 Å². The van der Waals surface area contributed by atoms with E-state index in [1.165, 1.54) is 6.07 Å². The minimum atomic E-state index is -0.390. The second-order valence-corrected chi connectivity index (χ2v) is 8.18. The van der Waals surface area contributed by atoms with Crippen LogP contribution in [0, 0.1) is 11.7 Å². The van der Waals surface area contributed by atoms with Crippen molar-refractivity contribution in [2.24, 2.45) is 5.92 Å². The van der Waals surface area contributed by atoms with Crippen LogP contribution in [0.25, 0.3) is 0 Å². The highest BCUT2D eigenvalue weighted by Crippen LogP contribution is 2.28. The lowest BCUT2D eigenvalue weighted by Gasteiger charge is -2.28. The van der Waals surface area contributed by atoms with Crippen LogP contribution in [0.5, 0.6) is 11.5 Å². The van der Waals surface area contributed by atoms with E-state index in [4.69, 9.17) is 9.47 Å². The van der Waals surface area contributed by atoms with Crippen LogP contribution in [0.2, 0.25) is 0 Å². The number of esters is 1. The molecular weight excluding hydrogens is 393 g/mol. The molecule has 31 heavy (non-hydrogen) atoms. The van der Waals surface area contributed by atoms with Gasteiger partial charge in [-0.15, -0.1) is 0 Å². The van der Waals surface area contributed by atoms with Crippen LogP contribution in [0.1, 0.15) is 30.5 Å². The Balaban J connectivity index is 1.39. The Kier molecular flexibility index (Phi) is 6.33. The number of halogens is 1. The van der Waals surface area contributed by atoms with E-state index >= 15 is 0 Å². The van der Waals surface area contributed by atoms with Gasteiger partial charge in [0.25, 0.3) is 0 Å². The molecule has 5 heteroatoms. The van der Waals surface area contributed by atoms with Crippen molar-refractivity contribution in [3.8, 4) is 11.5 Å². The second-order valence-electron chi connectivity index (χ2n) is 8.18. The number of para-hydroxylation sites is 1. The molecule has 160 valence electrons. The van der Waals surface area contributed by atoms with Crippen LogP contribution in [-0.2, 0) is 29.2 Å². The van der Waals surface area contributed by atoms with Crippen molar-refractivity contribution in [3.05, 3.63) is 95.3 Å². The van der Waals surface area contributed by atoms with Crippen molar-refractivity contribution in [3.63, 3.8) is 0 Å². The molecule has 0 fully saturated rings. The van der Waals surface area contributed by atoms with E-state index < -0.39 is 0 Å². The molecule has 3 aromatic carbocycles. The number of rotatable bonds is 7. The lowest BCUT2D eigenvalue weighted by atomic mass is 10.0. The first-order valence-electron chi connectivity index (χ1n) is 10.5. The zero-order valence-corrected chi connectivity index (χ0v) is 17.8. The summed E-state index contributed by atoms with van der Waals surface area (Å²) in [7, 11) is 0. The van der Waals surface area contributed by atoms with Gasteiger partial charge >= 0.3 is 5.97 Å². The molecule has 0 aliphatic carbocycles. The Morgan fingerprint density at radius 3 is 2.45 bits per heavy atom. The average molecular weight is 419 g/mol. The van der Waals surface area contributed by atoms with Crippen molar-refractivity contribution < 1.29 is 18.7 Å². The monoisotopic (exact) mass is 419 g/mol. The molecule has 1 atom stereocenters. The first kappa shape index (κ1) is 21.1. The summed E-state index contributed by atoms with van der Waals surface area (Å²) in [5.41, 5.74) is 2.85. The molecule has 0 spiro atoms. The minimum Gasteiger partial charge on any atom is -0.460 e. The fourth-order valence-corrected chi connectivity index (χ4v) is 3.99. The van der Waals surface area contributed by atoms with Gasteiger partial charge in [-0.25, -0.2) is 4.39 Å². The topological polar surface area (TPSA) is 38.8 Å². The van der Waals surface area contributed by atoms with Gasteiger partial charge in [0.2, 0.25) is 0 Å². The molecule has 4 nitrogen and oxygen atoms in total. The lowest BCUT2D eigenvalue weighted by molar-refractivity contribution is -0.153. The number of hydrogen-bond donors (Lipinski definition) is 0. The molecule has 0 bridgehead atoms. The molecular formula is C26H26FNO3. The fraction of sp³-hybridized carbons (Fsp3) is 0.269. The third kappa shape index (κ3) is 5.12. The number of ether oxygens (including phenoxy) is 2. The maximum absolute atomic E-state index is 13.6. The van der Waals surface area contributed by atoms with Crippen LogP contribution in [0.15, 0.2) is 72.8 Å². The van der Waals surface area contributed by atoms with Crippen molar-refractivity contribution in [2.75, 3.05) is 0 Å². The molecule has 0 N–H and O–H groups in total. The van der Waals surface area contributed by atoms with E-state index in [1.54, 1.807) is 12.1 Å². The van der Waals surface area contributed by atoms with Crippen LogP contribution in [-0.4, -0.2) is 16.9 Å². The molecule has 1 unspecified atom stereocenters. The van der Waals surface area contributed by atoms with Crippen molar-refractivity contribution >= 4 is 5.97 Å². The zero-order valence-electron chi connectivity index (χ0n) is 17.8. The standard InChI is InChI=1S/C26H26FNO3/c1-18(2)25(28-15-20-11-12-22(27)14-21(20)16-28)26(29)30-17-19-7-6-10-24(13-19)31-23-8-4-3-5-9-23/h3-14,18,25H,15-17H2,1-2H3. The number of fused-ring (bicyclic) bond motifs is 1. The minimum absolute atomic E-state index is 0.0689. The summed E-state index contributed by atoms with van der Waals surface area (Å²) < 4.78 is 25.1. The smallest absolute Gasteiger partial charge is 0.323 e. The van der Waals surface area contributed by atoms with Gasteiger partial charge in [0, 0.05) is 13.1 Å². The van der Waals surface area contributed by atoms with Crippen molar-refractivity contribution in [2.45, 2.75) is 39.6 Å². The predicted molar refractivity (Wildman–Crippen MR) is 117 cm³/mol. The first-order chi connectivity index (χ1) is 15.0. The third-order valence-corrected chi connectivity index (χ3v) is 5.44. The number of carbonyl (C=O) groups excluding carboxylic acids is 1. The highest BCUT2D eigenvalue weighted by Gasteiger charge is 2.34. The number of nitrogens with zero attached hydrogens (tertiary/aromatic N) is 1. The Morgan fingerprint density at radius 2 is 1.68 bits per heavy atom. The third-order valence-electron chi connectivity index (χ3n) is 5.44. The second kappa shape index (κ2) is 9.31. The fourth-order valence-electron chi connectivity index (χ4n) is 3.99. The van der Waals surface area contributed by atoms with Gasteiger partial charge in [0.05, 0.1) is 0 Å². The quantitative estimate of drug-likeness (QED) is 0.461. The lowest BCUT2D eigenvalue weighted by Crippen LogP contribution is -2.42. The van der Waals surface area contributed by atoms with Crippen LogP contribution in [0.3, 0.4) is 0 Å². The summed E-state index contributed by atoms with van der Waals surface area (Å²) >= 11 is 0. The van der Waals surface area contributed by atoms with Gasteiger partial charge in [-0.05, 0) is 59.0 Å². The summed E-state index contributed by atoms with van der Waals surface area (Å²) in [5, 5.41) is 0. The van der Waals surface area contributed by atoms with E-state index in [0.29, 0.717) is 18.8 Å². The molecule has 0 amide bonds. The van der Waals surface area contributed by atoms with Crippen molar-refractivity contribution in [1.29, 1.82) is 0 Å². The van der Waals surface area contributed by atoms with Crippen molar-refractivity contribution in [1.82, 2.24) is 4.90 Å². The summed E-state index contributed by atoms with van der Waals surface area (Å²) in [4.78, 5) is 15.0. The highest BCUT2D eigenvalue weighted by atomic mass is 19.1. The largest absolute Gasteiger partial charge is 0.460 e. The molecule has 0 saturated heterocycles. The Labute approximate surface area is 182 Å². The number of benzene rings is 3. The molecule has 1 heterocycles. The molecule has 0 radical (unpaired) electrons. The van der Waals surface area contributed by atoms with Crippen LogP contribution in [0.4, 0.5) is 4.39 Å². The summed E-state index contributed by atoms with van der Waals surface area (Å²) in [6.07, 6.45) is 0.